The summed E-state index contributed by atoms with van der Waals surface area (Å²) in [6, 6.07) is 14.1. The van der Waals surface area contributed by atoms with Crippen molar-refractivity contribution >= 4 is 35.0 Å². The quantitative estimate of drug-likeness (QED) is 0.696. The van der Waals surface area contributed by atoms with Gasteiger partial charge < -0.3 is 10.6 Å². The first-order chi connectivity index (χ1) is 13.5. The molecule has 4 nitrogen and oxygen atoms in total. The van der Waals surface area contributed by atoms with Crippen molar-refractivity contribution in [1.82, 2.24) is 10.6 Å². The van der Waals surface area contributed by atoms with E-state index in [9.17, 15) is 9.59 Å². The van der Waals surface area contributed by atoms with Crippen molar-refractivity contribution in [3.05, 3.63) is 69.7 Å². The van der Waals surface area contributed by atoms with E-state index < -0.39 is 0 Å². The van der Waals surface area contributed by atoms with E-state index in [4.69, 9.17) is 23.2 Å². The third kappa shape index (κ3) is 5.49. The van der Waals surface area contributed by atoms with E-state index in [2.05, 4.69) is 10.6 Å². The Morgan fingerprint density at radius 3 is 1.64 bits per heavy atom. The van der Waals surface area contributed by atoms with Crippen LogP contribution in [-0.2, 0) is 0 Å². The number of nitrogens with one attached hydrogen (secondary N) is 2. The second-order valence-corrected chi connectivity index (χ2v) is 8.09. The molecule has 28 heavy (non-hydrogen) atoms. The van der Waals surface area contributed by atoms with Crippen LogP contribution in [0, 0.1) is 11.8 Å². The minimum Gasteiger partial charge on any atom is -0.352 e. The van der Waals surface area contributed by atoms with Gasteiger partial charge in [-0.25, -0.2) is 0 Å². The van der Waals surface area contributed by atoms with Crippen LogP contribution in [0.25, 0.3) is 0 Å². The van der Waals surface area contributed by atoms with E-state index in [0.717, 1.165) is 25.7 Å². The van der Waals surface area contributed by atoms with Crippen LogP contribution in [0.2, 0.25) is 10.0 Å². The second kappa shape index (κ2) is 9.94. The monoisotopic (exact) mass is 418 g/mol. The molecule has 6 heteroatoms. The van der Waals surface area contributed by atoms with Gasteiger partial charge in [0, 0.05) is 13.1 Å². The molecule has 0 radical (unpaired) electrons. The summed E-state index contributed by atoms with van der Waals surface area (Å²) in [5.41, 5.74) is 1.01. The van der Waals surface area contributed by atoms with Crippen LogP contribution in [-0.4, -0.2) is 24.9 Å². The summed E-state index contributed by atoms with van der Waals surface area (Å²) in [5.74, 6) is 0.532. The fourth-order valence-electron chi connectivity index (χ4n) is 3.73. The van der Waals surface area contributed by atoms with Gasteiger partial charge in [0.1, 0.15) is 0 Å². The van der Waals surface area contributed by atoms with Gasteiger partial charge in [0.05, 0.1) is 21.2 Å². The number of hydrogen-bond donors (Lipinski definition) is 2. The Kier molecular flexibility index (Phi) is 7.35. The molecule has 0 spiro atoms. The maximum atomic E-state index is 12.3. The molecule has 0 aromatic heterocycles. The lowest BCUT2D eigenvalue weighted by Crippen LogP contribution is -2.35. The summed E-state index contributed by atoms with van der Waals surface area (Å²) in [4.78, 5) is 24.7. The van der Waals surface area contributed by atoms with Crippen molar-refractivity contribution in [3.8, 4) is 0 Å². The molecule has 2 aromatic carbocycles. The van der Waals surface area contributed by atoms with Crippen molar-refractivity contribution in [2.45, 2.75) is 25.7 Å². The summed E-state index contributed by atoms with van der Waals surface area (Å²) in [6.45, 7) is 1.25. The predicted octanol–water partition coefficient (Wildman–Crippen LogP) is 4.96. The molecular weight excluding hydrogens is 395 g/mol. The third-order valence-electron chi connectivity index (χ3n) is 5.23. The minimum absolute atomic E-state index is 0.139. The van der Waals surface area contributed by atoms with Gasteiger partial charge in [-0.2, -0.15) is 0 Å². The molecule has 1 saturated carbocycles. The van der Waals surface area contributed by atoms with Crippen molar-refractivity contribution in [2.75, 3.05) is 13.1 Å². The number of amides is 2. The van der Waals surface area contributed by atoms with Crippen molar-refractivity contribution in [2.24, 2.45) is 11.8 Å². The number of carbonyl (C=O) groups is 2. The zero-order chi connectivity index (χ0) is 19.9. The standard InChI is InChI=1S/C22H24Cl2N2O2/c23-19-10-3-1-8-17(19)21(27)25-13-15-6-5-7-16(12-15)14-26-22(28)18-9-2-4-11-20(18)24/h1-4,8-11,15-16H,5-7,12-14H2,(H,25,27)(H,26,28)/t15-,16-/m1/s1. The van der Waals surface area contributed by atoms with E-state index in [-0.39, 0.29) is 11.8 Å². The third-order valence-corrected chi connectivity index (χ3v) is 5.89. The van der Waals surface area contributed by atoms with Crippen LogP contribution in [0.3, 0.4) is 0 Å². The smallest absolute Gasteiger partial charge is 0.252 e. The first kappa shape index (κ1) is 20.7. The van der Waals surface area contributed by atoms with Gasteiger partial charge >= 0.3 is 0 Å². The molecule has 3 rings (SSSR count). The molecule has 2 aromatic rings. The van der Waals surface area contributed by atoms with Gasteiger partial charge in [-0.3, -0.25) is 9.59 Å². The number of hydrogen-bond acceptors (Lipinski definition) is 2. The Morgan fingerprint density at radius 1 is 0.786 bits per heavy atom. The van der Waals surface area contributed by atoms with Gasteiger partial charge in [-0.15, -0.1) is 0 Å². The maximum Gasteiger partial charge on any atom is 0.252 e. The lowest BCUT2D eigenvalue weighted by molar-refractivity contribution is 0.0935. The van der Waals surface area contributed by atoms with Crippen LogP contribution in [0.4, 0.5) is 0 Å². The highest BCUT2D eigenvalue weighted by atomic mass is 35.5. The molecule has 1 fully saturated rings. The van der Waals surface area contributed by atoms with Gasteiger partial charge in [-0.05, 0) is 55.4 Å². The fraction of sp³-hybridized carbons (Fsp3) is 0.364. The molecule has 2 atom stereocenters. The molecule has 0 heterocycles. The summed E-state index contributed by atoms with van der Waals surface area (Å²) < 4.78 is 0. The van der Waals surface area contributed by atoms with E-state index in [1.165, 1.54) is 0 Å². The fourth-order valence-corrected chi connectivity index (χ4v) is 4.17. The maximum absolute atomic E-state index is 12.3. The molecule has 1 aliphatic rings. The number of rotatable bonds is 6. The van der Waals surface area contributed by atoms with Gasteiger partial charge in [0.15, 0.2) is 0 Å². The Bertz CT molecular complexity index is 773. The molecule has 0 aliphatic heterocycles. The number of halogens is 2. The van der Waals surface area contributed by atoms with Crippen LogP contribution < -0.4 is 10.6 Å². The molecule has 0 bridgehead atoms. The summed E-state index contributed by atoms with van der Waals surface area (Å²) in [5, 5.41) is 6.92. The Hall–Kier alpha value is -2.04. The second-order valence-electron chi connectivity index (χ2n) is 7.28. The Labute approximate surface area is 175 Å². The van der Waals surface area contributed by atoms with Gasteiger partial charge in [0.2, 0.25) is 0 Å². The van der Waals surface area contributed by atoms with Crippen LogP contribution in [0.15, 0.2) is 48.5 Å². The van der Waals surface area contributed by atoms with Crippen molar-refractivity contribution < 1.29 is 9.59 Å². The topological polar surface area (TPSA) is 58.2 Å². The largest absolute Gasteiger partial charge is 0.352 e. The molecule has 0 unspecified atom stereocenters. The SMILES string of the molecule is O=C(NC[C@@H]1CCC[C@@H](CNC(=O)c2ccccc2Cl)C1)c1ccccc1Cl. The highest BCUT2D eigenvalue weighted by Gasteiger charge is 2.23. The summed E-state index contributed by atoms with van der Waals surface area (Å²) >= 11 is 12.2. The molecule has 2 amide bonds. The Balaban J connectivity index is 1.46. The van der Waals surface area contributed by atoms with Gasteiger partial charge in [-0.1, -0.05) is 53.9 Å². The van der Waals surface area contributed by atoms with Crippen LogP contribution in [0.1, 0.15) is 46.4 Å². The molecule has 2 N–H and O–H groups in total. The average Bonchev–Trinajstić information content (AvgIpc) is 2.71. The molecule has 0 saturated heterocycles. The highest BCUT2D eigenvalue weighted by Crippen LogP contribution is 2.28. The number of carbonyl (C=O) groups excluding carboxylic acids is 2. The average molecular weight is 419 g/mol. The van der Waals surface area contributed by atoms with Crippen LogP contribution in [0.5, 0.6) is 0 Å². The van der Waals surface area contributed by atoms with Crippen molar-refractivity contribution in [3.63, 3.8) is 0 Å². The predicted molar refractivity (Wildman–Crippen MR) is 113 cm³/mol. The first-order valence-corrected chi connectivity index (χ1v) is 10.4. The summed E-state index contributed by atoms with van der Waals surface area (Å²) in [7, 11) is 0. The molecule has 1 aliphatic carbocycles. The van der Waals surface area contributed by atoms with Crippen molar-refractivity contribution in [1.29, 1.82) is 0 Å². The molecule has 148 valence electrons. The van der Waals surface area contributed by atoms with E-state index in [1.807, 2.05) is 12.1 Å². The lowest BCUT2D eigenvalue weighted by Gasteiger charge is -2.29. The zero-order valence-corrected chi connectivity index (χ0v) is 17.1. The number of benzene rings is 2. The van der Waals surface area contributed by atoms with E-state index >= 15 is 0 Å². The molecular formula is C22H24Cl2N2O2. The van der Waals surface area contributed by atoms with Gasteiger partial charge in [0.25, 0.3) is 11.8 Å². The summed E-state index contributed by atoms with van der Waals surface area (Å²) in [6.07, 6.45) is 4.24. The van der Waals surface area contributed by atoms with Crippen LogP contribution >= 0.6 is 23.2 Å². The normalized spacial score (nSPS) is 19.1. The Morgan fingerprint density at radius 2 is 1.21 bits per heavy atom. The zero-order valence-electron chi connectivity index (χ0n) is 15.6. The van der Waals surface area contributed by atoms with E-state index in [0.29, 0.717) is 46.1 Å². The first-order valence-electron chi connectivity index (χ1n) is 9.60. The highest BCUT2D eigenvalue weighted by molar-refractivity contribution is 6.34. The minimum atomic E-state index is -0.139. The lowest BCUT2D eigenvalue weighted by atomic mass is 9.81. The van der Waals surface area contributed by atoms with E-state index in [1.54, 1.807) is 36.4 Å².